The van der Waals surface area contributed by atoms with Gasteiger partial charge < -0.3 is 10.4 Å². The van der Waals surface area contributed by atoms with Crippen LogP contribution in [0.2, 0.25) is 0 Å². The maximum Gasteiger partial charge on any atom is 0.0512 e. The summed E-state index contributed by atoms with van der Waals surface area (Å²) in [5.74, 6) is 0. The van der Waals surface area contributed by atoms with Gasteiger partial charge in [0.05, 0.1) is 6.10 Å². The van der Waals surface area contributed by atoms with Crippen molar-refractivity contribution in [3.63, 3.8) is 0 Å². The highest BCUT2D eigenvalue weighted by Gasteiger charge is 1.92. The molecule has 0 aromatic carbocycles. The van der Waals surface area contributed by atoms with Crippen molar-refractivity contribution in [1.29, 1.82) is 0 Å². The zero-order valence-electron chi connectivity index (χ0n) is 5.93. The molecule has 0 rings (SSSR count). The van der Waals surface area contributed by atoms with Crippen molar-refractivity contribution in [2.75, 3.05) is 6.54 Å². The van der Waals surface area contributed by atoms with Gasteiger partial charge in [0.1, 0.15) is 0 Å². The lowest BCUT2D eigenvalue weighted by atomic mass is 10.2. The zero-order chi connectivity index (χ0) is 7.11. The van der Waals surface area contributed by atoms with Crippen molar-refractivity contribution in [1.82, 2.24) is 5.32 Å². The van der Waals surface area contributed by atoms with E-state index in [0.717, 1.165) is 19.4 Å². The SMILES string of the molecule is C=CNCCCC(C)O. The van der Waals surface area contributed by atoms with E-state index < -0.39 is 0 Å². The average Bonchev–Trinajstić information content (AvgIpc) is 1.80. The lowest BCUT2D eigenvalue weighted by molar-refractivity contribution is 0.182. The van der Waals surface area contributed by atoms with E-state index in [9.17, 15) is 0 Å². The highest BCUT2D eigenvalue weighted by Crippen LogP contribution is 1.92. The van der Waals surface area contributed by atoms with Crippen LogP contribution in [-0.2, 0) is 0 Å². The number of hydrogen-bond donors (Lipinski definition) is 2. The van der Waals surface area contributed by atoms with E-state index in [-0.39, 0.29) is 6.10 Å². The molecule has 0 aliphatic carbocycles. The van der Waals surface area contributed by atoms with E-state index in [4.69, 9.17) is 5.11 Å². The summed E-state index contributed by atoms with van der Waals surface area (Å²) in [4.78, 5) is 0. The third-order valence-corrected chi connectivity index (χ3v) is 1.09. The molecular weight excluding hydrogens is 114 g/mol. The van der Waals surface area contributed by atoms with Crippen molar-refractivity contribution < 1.29 is 5.11 Å². The molecule has 2 N–H and O–H groups in total. The van der Waals surface area contributed by atoms with Crippen LogP contribution in [0.4, 0.5) is 0 Å². The van der Waals surface area contributed by atoms with Crippen molar-refractivity contribution >= 4 is 0 Å². The Morgan fingerprint density at radius 2 is 2.44 bits per heavy atom. The molecule has 0 aliphatic rings. The summed E-state index contributed by atoms with van der Waals surface area (Å²) in [5, 5.41) is 11.8. The highest BCUT2D eigenvalue weighted by molar-refractivity contribution is 4.62. The zero-order valence-corrected chi connectivity index (χ0v) is 5.93. The van der Waals surface area contributed by atoms with Gasteiger partial charge in [-0.3, -0.25) is 0 Å². The predicted octanol–water partition coefficient (Wildman–Crippen LogP) is 0.880. The monoisotopic (exact) mass is 129 g/mol. The standard InChI is InChI=1S/C7H15NO/c1-3-8-6-4-5-7(2)9/h3,7-9H,1,4-6H2,2H3. The second kappa shape index (κ2) is 5.63. The molecule has 0 aliphatic heterocycles. The summed E-state index contributed by atoms with van der Waals surface area (Å²) in [7, 11) is 0. The maximum atomic E-state index is 8.80. The van der Waals surface area contributed by atoms with Crippen LogP contribution >= 0.6 is 0 Å². The van der Waals surface area contributed by atoms with Gasteiger partial charge in [-0.15, -0.1) is 0 Å². The molecule has 0 aromatic heterocycles. The fourth-order valence-corrected chi connectivity index (χ4v) is 0.602. The highest BCUT2D eigenvalue weighted by atomic mass is 16.3. The normalized spacial score (nSPS) is 12.7. The van der Waals surface area contributed by atoms with Crippen LogP contribution in [-0.4, -0.2) is 17.8 Å². The molecule has 54 valence electrons. The molecule has 2 nitrogen and oxygen atoms in total. The molecule has 1 atom stereocenters. The molecule has 1 unspecified atom stereocenters. The summed E-state index contributed by atoms with van der Waals surface area (Å²) in [5.41, 5.74) is 0. The third kappa shape index (κ3) is 7.50. The van der Waals surface area contributed by atoms with Crippen molar-refractivity contribution in [3.05, 3.63) is 12.8 Å². The first-order chi connectivity index (χ1) is 4.27. The third-order valence-electron chi connectivity index (χ3n) is 1.09. The molecule has 2 heteroatoms. The van der Waals surface area contributed by atoms with Crippen LogP contribution in [0.5, 0.6) is 0 Å². The number of aliphatic hydroxyl groups is 1. The first kappa shape index (κ1) is 8.50. The Bertz CT molecular complexity index is 71.3. The first-order valence-electron chi connectivity index (χ1n) is 3.29. The Balaban J connectivity index is 2.82. The molecular formula is C7H15NO. The summed E-state index contributed by atoms with van der Waals surface area (Å²) < 4.78 is 0. The van der Waals surface area contributed by atoms with E-state index >= 15 is 0 Å². The van der Waals surface area contributed by atoms with Gasteiger partial charge in [0.15, 0.2) is 0 Å². The molecule has 9 heavy (non-hydrogen) atoms. The summed E-state index contributed by atoms with van der Waals surface area (Å²) in [6.45, 7) is 6.21. The molecule has 0 amide bonds. The Labute approximate surface area is 56.6 Å². The van der Waals surface area contributed by atoms with Crippen LogP contribution in [0.15, 0.2) is 12.8 Å². The summed E-state index contributed by atoms with van der Waals surface area (Å²) in [6, 6.07) is 0. The van der Waals surface area contributed by atoms with E-state index in [2.05, 4.69) is 11.9 Å². The smallest absolute Gasteiger partial charge is 0.0512 e. The lowest BCUT2D eigenvalue weighted by Gasteiger charge is -2.02. The molecule has 0 bridgehead atoms. The first-order valence-corrected chi connectivity index (χ1v) is 3.29. The Morgan fingerprint density at radius 3 is 2.89 bits per heavy atom. The number of rotatable bonds is 5. The molecule has 0 saturated heterocycles. The van der Waals surface area contributed by atoms with Crippen LogP contribution in [0.3, 0.4) is 0 Å². The van der Waals surface area contributed by atoms with Gasteiger partial charge >= 0.3 is 0 Å². The van der Waals surface area contributed by atoms with E-state index in [0.29, 0.717) is 0 Å². The quantitative estimate of drug-likeness (QED) is 0.540. The van der Waals surface area contributed by atoms with Gasteiger partial charge in [0, 0.05) is 6.54 Å². The van der Waals surface area contributed by atoms with Gasteiger partial charge in [-0.1, -0.05) is 6.58 Å². The van der Waals surface area contributed by atoms with Crippen molar-refractivity contribution in [2.45, 2.75) is 25.9 Å². The summed E-state index contributed by atoms with van der Waals surface area (Å²) >= 11 is 0. The minimum Gasteiger partial charge on any atom is -0.393 e. The molecule has 0 saturated carbocycles. The molecule has 0 aromatic rings. The van der Waals surface area contributed by atoms with Crippen molar-refractivity contribution in [3.8, 4) is 0 Å². The van der Waals surface area contributed by atoms with Crippen LogP contribution in [0.25, 0.3) is 0 Å². The average molecular weight is 129 g/mol. The number of hydrogen-bond acceptors (Lipinski definition) is 2. The van der Waals surface area contributed by atoms with Crippen LogP contribution in [0.1, 0.15) is 19.8 Å². The van der Waals surface area contributed by atoms with Crippen LogP contribution < -0.4 is 5.32 Å². The lowest BCUT2D eigenvalue weighted by Crippen LogP contribution is -2.09. The maximum absolute atomic E-state index is 8.80. The Morgan fingerprint density at radius 1 is 1.78 bits per heavy atom. The van der Waals surface area contributed by atoms with Crippen LogP contribution in [0, 0.1) is 0 Å². The minimum absolute atomic E-state index is 0.170. The Hall–Kier alpha value is -0.500. The van der Waals surface area contributed by atoms with Gasteiger partial charge in [0.2, 0.25) is 0 Å². The van der Waals surface area contributed by atoms with Gasteiger partial charge in [-0.05, 0) is 26.0 Å². The number of aliphatic hydroxyl groups excluding tert-OH is 1. The largest absolute Gasteiger partial charge is 0.393 e. The van der Waals surface area contributed by atoms with Crippen molar-refractivity contribution in [2.24, 2.45) is 0 Å². The minimum atomic E-state index is -0.170. The molecule has 0 radical (unpaired) electrons. The van der Waals surface area contributed by atoms with E-state index in [1.807, 2.05) is 0 Å². The van der Waals surface area contributed by atoms with E-state index in [1.165, 1.54) is 0 Å². The van der Waals surface area contributed by atoms with Gasteiger partial charge in [0.25, 0.3) is 0 Å². The Kier molecular flexibility index (Phi) is 5.32. The molecule has 0 heterocycles. The van der Waals surface area contributed by atoms with Gasteiger partial charge in [-0.2, -0.15) is 0 Å². The fourth-order valence-electron chi connectivity index (χ4n) is 0.602. The number of nitrogens with one attached hydrogen (secondary N) is 1. The second-order valence-electron chi connectivity index (χ2n) is 2.15. The molecule has 0 fully saturated rings. The van der Waals surface area contributed by atoms with E-state index in [1.54, 1.807) is 13.1 Å². The summed E-state index contributed by atoms with van der Waals surface area (Å²) in [6.07, 6.45) is 3.36. The topological polar surface area (TPSA) is 32.3 Å². The molecule has 0 spiro atoms. The fraction of sp³-hybridized carbons (Fsp3) is 0.714. The van der Waals surface area contributed by atoms with Gasteiger partial charge in [-0.25, -0.2) is 0 Å². The predicted molar refractivity (Wildman–Crippen MR) is 39.1 cm³/mol. The second-order valence-corrected chi connectivity index (χ2v) is 2.15.